The number of aliphatic hydroxyl groups is 1. The van der Waals surface area contributed by atoms with Crippen LogP contribution in [0.25, 0.3) is 0 Å². The van der Waals surface area contributed by atoms with E-state index in [4.69, 9.17) is 9.47 Å². The van der Waals surface area contributed by atoms with Gasteiger partial charge in [0.05, 0.1) is 6.10 Å². The summed E-state index contributed by atoms with van der Waals surface area (Å²) in [4.78, 5) is 0. The highest BCUT2D eigenvalue weighted by molar-refractivity contribution is 7.84. The zero-order chi connectivity index (χ0) is 14.5. The van der Waals surface area contributed by atoms with Gasteiger partial charge in [-0.05, 0) is 24.6 Å². The molecule has 2 rings (SSSR count). The normalized spacial score (nSPS) is 18.4. The Bertz CT molecular complexity index is 480. The van der Waals surface area contributed by atoms with E-state index in [0.29, 0.717) is 32.1 Å². The highest BCUT2D eigenvalue weighted by atomic mass is 32.2. The molecule has 0 bridgehead atoms. The first kappa shape index (κ1) is 15.3. The van der Waals surface area contributed by atoms with Crippen molar-refractivity contribution < 1.29 is 18.8 Å². The standard InChI is InChI=1S/C14H21NO4S/c1-10(20(2)17)8-15-9-12(16)11-3-4-13-14(7-11)19-6-5-18-13/h3-4,7,10,12,15-16H,5-6,8-9H2,1-2H3. The van der Waals surface area contributed by atoms with Gasteiger partial charge in [0.15, 0.2) is 11.5 Å². The molecule has 0 saturated heterocycles. The molecule has 1 aliphatic rings. The van der Waals surface area contributed by atoms with Crippen LogP contribution >= 0.6 is 0 Å². The predicted octanol–water partition coefficient (Wildman–Crippen LogP) is 0.848. The summed E-state index contributed by atoms with van der Waals surface area (Å²) < 4.78 is 22.2. The molecule has 1 aliphatic heterocycles. The fourth-order valence-corrected chi connectivity index (χ4v) is 2.28. The quantitative estimate of drug-likeness (QED) is 0.815. The van der Waals surface area contributed by atoms with Crippen molar-refractivity contribution in [1.82, 2.24) is 5.32 Å². The Morgan fingerprint density at radius 3 is 2.70 bits per heavy atom. The number of hydrogen-bond acceptors (Lipinski definition) is 5. The molecular weight excluding hydrogens is 278 g/mol. The SMILES string of the molecule is CC(CNCC(O)c1ccc2c(c1)OCCO2)S(C)=O. The van der Waals surface area contributed by atoms with E-state index in [1.165, 1.54) is 0 Å². The smallest absolute Gasteiger partial charge is 0.161 e. The number of benzene rings is 1. The van der Waals surface area contributed by atoms with E-state index in [2.05, 4.69) is 5.32 Å². The Kier molecular flexibility index (Phi) is 5.39. The molecule has 1 aromatic rings. The topological polar surface area (TPSA) is 67.8 Å². The Balaban J connectivity index is 1.89. The van der Waals surface area contributed by atoms with Crippen LogP contribution in [0, 0.1) is 0 Å². The molecule has 20 heavy (non-hydrogen) atoms. The maximum Gasteiger partial charge on any atom is 0.161 e. The molecule has 6 heteroatoms. The average Bonchev–Trinajstić information content (AvgIpc) is 2.46. The molecule has 0 saturated carbocycles. The molecule has 5 nitrogen and oxygen atoms in total. The second-order valence-electron chi connectivity index (χ2n) is 4.89. The van der Waals surface area contributed by atoms with Crippen LogP contribution in [0.15, 0.2) is 18.2 Å². The highest BCUT2D eigenvalue weighted by Gasteiger charge is 2.15. The van der Waals surface area contributed by atoms with Gasteiger partial charge in [-0.3, -0.25) is 4.21 Å². The molecule has 0 amide bonds. The van der Waals surface area contributed by atoms with E-state index < -0.39 is 16.9 Å². The van der Waals surface area contributed by atoms with E-state index in [0.717, 1.165) is 11.3 Å². The van der Waals surface area contributed by atoms with Crippen molar-refractivity contribution >= 4 is 10.8 Å². The van der Waals surface area contributed by atoms with E-state index in [1.807, 2.05) is 25.1 Å². The van der Waals surface area contributed by atoms with Crippen molar-refractivity contribution in [3.63, 3.8) is 0 Å². The van der Waals surface area contributed by atoms with E-state index >= 15 is 0 Å². The minimum atomic E-state index is -0.852. The Hall–Kier alpha value is -1.11. The second-order valence-corrected chi connectivity index (χ2v) is 6.69. The molecule has 1 aromatic carbocycles. The maximum atomic E-state index is 11.2. The molecule has 0 radical (unpaired) electrons. The zero-order valence-electron chi connectivity index (χ0n) is 11.8. The van der Waals surface area contributed by atoms with Gasteiger partial charge in [-0.25, -0.2) is 0 Å². The number of fused-ring (bicyclic) bond motifs is 1. The van der Waals surface area contributed by atoms with Crippen molar-refractivity contribution in [3.8, 4) is 11.5 Å². The number of nitrogens with one attached hydrogen (secondary N) is 1. The van der Waals surface area contributed by atoms with Crippen LogP contribution in [0.5, 0.6) is 11.5 Å². The van der Waals surface area contributed by atoms with Crippen molar-refractivity contribution in [2.75, 3.05) is 32.6 Å². The number of hydrogen-bond donors (Lipinski definition) is 2. The van der Waals surface area contributed by atoms with Gasteiger partial charge in [0, 0.05) is 35.4 Å². The van der Waals surface area contributed by atoms with Crippen molar-refractivity contribution in [2.24, 2.45) is 0 Å². The summed E-state index contributed by atoms with van der Waals surface area (Å²) in [6, 6.07) is 5.46. The molecular formula is C14H21NO4S. The lowest BCUT2D eigenvalue weighted by Crippen LogP contribution is -2.30. The van der Waals surface area contributed by atoms with Gasteiger partial charge in [-0.15, -0.1) is 0 Å². The van der Waals surface area contributed by atoms with Crippen molar-refractivity contribution in [1.29, 1.82) is 0 Å². The third-order valence-electron chi connectivity index (χ3n) is 3.29. The third-order valence-corrected chi connectivity index (χ3v) is 4.59. The van der Waals surface area contributed by atoms with E-state index in [1.54, 1.807) is 6.26 Å². The molecule has 0 spiro atoms. The number of ether oxygens (including phenoxy) is 2. The van der Waals surface area contributed by atoms with Gasteiger partial charge in [-0.2, -0.15) is 0 Å². The van der Waals surface area contributed by atoms with Gasteiger partial charge in [0.2, 0.25) is 0 Å². The Labute approximate surface area is 121 Å². The molecule has 3 unspecified atom stereocenters. The maximum absolute atomic E-state index is 11.2. The summed E-state index contributed by atoms with van der Waals surface area (Å²) in [5.74, 6) is 1.39. The van der Waals surface area contributed by atoms with Gasteiger partial charge >= 0.3 is 0 Å². The van der Waals surface area contributed by atoms with E-state index in [-0.39, 0.29) is 5.25 Å². The van der Waals surface area contributed by atoms with Crippen LogP contribution in [-0.2, 0) is 10.8 Å². The predicted molar refractivity (Wildman–Crippen MR) is 78.8 cm³/mol. The second kappa shape index (κ2) is 7.06. The van der Waals surface area contributed by atoms with Crippen LogP contribution < -0.4 is 14.8 Å². The van der Waals surface area contributed by atoms with Gasteiger partial charge in [0.1, 0.15) is 13.2 Å². The summed E-state index contributed by atoms with van der Waals surface area (Å²) in [7, 11) is -0.852. The summed E-state index contributed by atoms with van der Waals surface area (Å²) in [6.45, 7) is 4.04. The third kappa shape index (κ3) is 3.94. The highest BCUT2D eigenvalue weighted by Crippen LogP contribution is 2.32. The first-order valence-electron chi connectivity index (χ1n) is 6.68. The molecule has 1 heterocycles. The monoisotopic (exact) mass is 299 g/mol. The molecule has 0 aliphatic carbocycles. The largest absolute Gasteiger partial charge is 0.486 e. The minimum Gasteiger partial charge on any atom is -0.486 e. The van der Waals surface area contributed by atoms with E-state index in [9.17, 15) is 9.32 Å². The minimum absolute atomic E-state index is 0.0717. The fourth-order valence-electron chi connectivity index (χ4n) is 1.93. The lowest BCUT2D eigenvalue weighted by atomic mass is 10.1. The Morgan fingerprint density at radius 1 is 1.30 bits per heavy atom. The van der Waals surface area contributed by atoms with Crippen molar-refractivity contribution in [3.05, 3.63) is 23.8 Å². The number of aliphatic hydroxyl groups excluding tert-OH is 1. The van der Waals surface area contributed by atoms with Gasteiger partial charge in [0.25, 0.3) is 0 Å². The summed E-state index contributed by atoms with van der Waals surface area (Å²) in [6.07, 6.45) is 1.06. The average molecular weight is 299 g/mol. The summed E-state index contributed by atoms with van der Waals surface area (Å²) in [5, 5.41) is 13.3. The lowest BCUT2D eigenvalue weighted by molar-refractivity contribution is 0.163. The van der Waals surface area contributed by atoms with Crippen LogP contribution in [0.1, 0.15) is 18.6 Å². The van der Waals surface area contributed by atoms with Gasteiger partial charge in [-0.1, -0.05) is 6.07 Å². The Morgan fingerprint density at radius 2 is 2.00 bits per heavy atom. The molecule has 3 atom stereocenters. The molecule has 2 N–H and O–H groups in total. The lowest BCUT2D eigenvalue weighted by Gasteiger charge is -2.20. The fraction of sp³-hybridized carbons (Fsp3) is 0.571. The molecule has 0 aromatic heterocycles. The zero-order valence-corrected chi connectivity index (χ0v) is 12.6. The molecule has 112 valence electrons. The number of rotatable bonds is 6. The van der Waals surface area contributed by atoms with Gasteiger partial charge < -0.3 is 19.9 Å². The first-order valence-corrected chi connectivity index (χ1v) is 8.30. The van der Waals surface area contributed by atoms with Crippen LogP contribution in [0.2, 0.25) is 0 Å². The van der Waals surface area contributed by atoms with Crippen molar-refractivity contribution in [2.45, 2.75) is 18.3 Å². The first-order chi connectivity index (χ1) is 9.58. The van der Waals surface area contributed by atoms with Crippen LogP contribution in [0.3, 0.4) is 0 Å². The summed E-state index contributed by atoms with van der Waals surface area (Å²) in [5.41, 5.74) is 0.784. The van der Waals surface area contributed by atoms with Crippen LogP contribution in [-0.4, -0.2) is 47.1 Å². The van der Waals surface area contributed by atoms with Crippen LogP contribution in [0.4, 0.5) is 0 Å². The summed E-state index contributed by atoms with van der Waals surface area (Å²) >= 11 is 0. The molecule has 0 fully saturated rings.